The first-order valence-corrected chi connectivity index (χ1v) is 7.52. The van der Waals surface area contributed by atoms with Crippen molar-refractivity contribution in [3.8, 4) is 0 Å². The highest BCUT2D eigenvalue weighted by Gasteiger charge is 2.37. The van der Waals surface area contributed by atoms with Gasteiger partial charge in [0.15, 0.2) is 0 Å². The molecule has 2 unspecified atom stereocenters. The molecule has 1 aliphatic carbocycles. The van der Waals surface area contributed by atoms with Crippen molar-refractivity contribution >= 4 is 11.9 Å². The topological polar surface area (TPSA) is 52.6 Å². The number of rotatable bonds is 6. The average Bonchev–Trinajstić information content (AvgIpc) is 2.52. The summed E-state index contributed by atoms with van der Waals surface area (Å²) in [4.78, 5) is 23.7. The highest BCUT2D eigenvalue weighted by atomic mass is 16.5. The Kier molecular flexibility index (Phi) is 7.20. The second kappa shape index (κ2) is 8.65. The summed E-state index contributed by atoms with van der Waals surface area (Å²) in [6.07, 6.45) is 8.43. The quantitative estimate of drug-likeness (QED) is 0.556. The average molecular weight is 294 g/mol. The van der Waals surface area contributed by atoms with E-state index >= 15 is 0 Å². The number of hydrogen-bond donors (Lipinski definition) is 0. The Hall–Kier alpha value is -1.58. The van der Waals surface area contributed by atoms with E-state index in [4.69, 9.17) is 9.47 Å². The molecule has 0 radical (unpaired) electrons. The van der Waals surface area contributed by atoms with Crippen molar-refractivity contribution in [1.82, 2.24) is 0 Å². The van der Waals surface area contributed by atoms with Gasteiger partial charge >= 0.3 is 11.9 Å². The SMILES string of the molecule is CCC(C)=CCCC1=CCC(C(=O)OC)C(C(=O)OC)C1. The van der Waals surface area contributed by atoms with Gasteiger partial charge in [0.2, 0.25) is 0 Å². The van der Waals surface area contributed by atoms with Crippen molar-refractivity contribution in [2.24, 2.45) is 11.8 Å². The Labute approximate surface area is 127 Å². The zero-order valence-corrected chi connectivity index (χ0v) is 13.5. The van der Waals surface area contributed by atoms with E-state index < -0.39 is 11.8 Å². The van der Waals surface area contributed by atoms with Gasteiger partial charge in [-0.05, 0) is 39.0 Å². The maximum absolute atomic E-state index is 11.9. The summed E-state index contributed by atoms with van der Waals surface area (Å²) in [6.45, 7) is 4.26. The molecular weight excluding hydrogens is 268 g/mol. The number of carbonyl (C=O) groups excluding carboxylic acids is 2. The maximum Gasteiger partial charge on any atom is 0.309 e. The van der Waals surface area contributed by atoms with Crippen LogP contribution in [0.2, 0.25) is 0 Å². The largest absolute Gasteiger partial charge is 0.469 e. The Morgan fingerprint density at radius 2 is 1.86 bits per heavy atom. The molecule has 4 heteroatoms. The summed E-state index contributed by atoms with van der Waals surface area (Å²) in [5.41, 5.74) is 2.61. The lowest BCUT2D eigenvalue weighted by atomic mass is 9.78. The molecule has 0 saturated heterocycles. The van der Waals surface area contributed by atoms with Crippen molar-refractivity contribution in [3.05, 3.63) is 23.3 Å². The van der Waals surface area contributed by atoms with E-state index in [-0.39, 0.29) is 11.9 Å². The molecule has 1 aliphatic rings. The number of methoxy groups -OCH3 is 2. The van der Waals surface area contributed by atoms with Gasteiger partial charge in [-0.15, -0.1) is 0 Å². The van der Waals surface area contributed by atoms with Gasteiger partial charge in [0.25, 0.3) is 0 Å². The van der Waals surface area contributed by atoms with Crippen molar-refractivity contribution in [1.29, 1.82) is 0 Å². The van der Waals surface area contributed by atoms with Gasteiger partial charge in [0, 0.05) is 0 Å². The Bertz CT molecular complexity index is 434. The maximum atomic E-state index is 11.9. The van der Waals surface area contributed by atoms with E-state index in [0.717, 1.165) is 19.3 Å². The number of ether oxygens (including phenoxy) is 2. The van der Waals surface area contributed by atoms with Gasteiger partial charge in [-0.3, -0.25) is 9.59 Å². The molecule has 0 aromatic carbocycles. The predicted molar refractivity (Wildman–Crippen MR) is 81.6 cm³/mol. The second-order valence-corrected chi connectivity index (χ2v) is 5.50. The van der Waals surface area contributed by atoms with Crippen LogP contribution in [0.5, 0.6) is 0 Å². The zero-order valence-electron chi connectivity index (χ0n) is 13.5. The molecule has 4 nitrogen and oxygen atoms in total. The number of allylic oxidation sites excluding steroid dienone is 4. The summed E-state index contributed by atoms with van der Waals surface area (Å²) in [5.74, 6) is -1.49. The minimum atomic E-state index is -0.418. The fraction of sp³-hybridized carbons (Fsp3) is 0.647. The van der Waals surface area contributed by atoms with Crippen LogP contribution in [0.3, 0.4) is 0 Å². The lowest BCUT2D eigenvalue weighted by Crippen LogP contribution is -2.33. The summed E-state index contributed by atoms with van der Waals surface area (Å²) >= 11 is 0. The second-order valence-electron chi connectivity index (χ2n) is 5.50. The highest BCUT2D eigenvalue weighted by molar-refractivity contribution is 5.82. The van der Waals surface area contributed by atoms with Crippen LogP contribution in [0.25, 0.3) is 0 Å². The first kappa shape index (κ1) is 17.5. The van der Waals surface area contributed by atoms with Gasteiger partial charge in [0.1, 0.15) is 0 Å². The molecule has 1 rings (SSSR count). The Morgan fingerprint density at radius 3 is 2.43 bits per heavy atom. The van der Waals surface area contributed by atoms with Crippen molar-refractivity contribution in [2.45, 2.75) is 46.0 Å². The molecule has 0 N–H and O–H groups in total. The van der Waals surface area contributed by atoms with E-state index in [0.29, 0.717) is 12.8 Å². The van der Waals surface area contributed by atoms with Crippen molar-refractivity contribution in [2.75, 3.05) is 14.2 Å². The van der Waals surface area contributed by atoms with Crippen LogP contribution in [0, 0.1) is 11.8 Å². The third-order valence-electron chi connectivity index (χ3n) is 4.15. The minimum Gasteiger partial charge on any atom is -0.469 e. The van der Waals surface area contributed by atoms with Crippen LogP contribution in [0.4, 0.5) is 0 Å². The smallest absolute Gasteiger partial charge is 0.309 e. The van der Waals surface area contributed by atoms with E-state index in [2.05, 4.69) is 26.0 Å². The van der Waals surface area contributed by atoms with E-state index in [1.54, 1.807) is 0 Å². The third kappa shape index (κ3) is 5.03. The van der Waals surface area contributed by atoms with Crippen LogP contribution >= 0.6 is 0 Å². The zero-order chi connectivity index (χ0) is 15.8. The van der Waals surface area contributed by atoms with Crippen LogP contribution in [-0.4, -0.2) is 26.2 Å². The first-order valence-electron chi connectivity index (χ1n) is 7.52. The molecule has 0 spiro atoms. The Balaban J connectivity index is 2.72. The minimum absolute atomic E-state index is 0.323. The summed E-state index contributed by atoms with van der Waals surface area (Å²) in [7, 11) is 2.72. The fourth-order valence-electron chi connectivity index (χ4n) is 2.63. The summed E-state index contributed by atoms with van der Waals surface area (Å²) < 4.78 is 9.63. The molecule has 0 fully saturated rings. The third-order valence-corrected chi connectivity index (χ3v) is 4.15. The van der Waals surface area contributed by atoms with Crippen LogP contribution in [-0.2, 0) is 19.1 Å². The standard InChI is InChI=1S/C17H26O4/c1-5-12(2)7-6-8-13-9-10-14(16(18)20-3)15(11-13)17(19)21-4/h7,9,14-15H,5-6,8,10-11H2,1-4H3. The van der Waals surface area contributed by atoms with Crippen LogP contribution < -0.4 is 0 Å². The number of carbonyl (C=O) groups is 2. The molecule has 2 atom stereocenters. The molecule has 0 aliphatic heterocycles. The predicted octanol–water partition coefficient (Wildman–Crippen LogP) is 3.42. The molecule has 0 heterocycles. The Morgan fingerprint density at radius 1 is 1.24 bits per heavy atom. The lowest BCUT2D eigenvalue weighted by molar-refractivity contribution is -0.157. The normalized spacial score (nSPS) is 22.5. The highest BCUT2D eigenvalue weighted by Crippen LogP contribution is 2.33. The molecule has 21 heavy (non-hydrogen) atoms. The molecular formula is C17H26O4. The molecule has 0 amide bonds. The first-order chi connectivity index (χ1) is 10.0. The van der Waals surface area contributed by atoms with Gasteiger partial charge in [-0.1, -0.05) is 30.2 Å². The van der Waals surface area contributed by atoms with Gasteiger partial charge < -0.3 is 9.47 Å². The van der Waals surface area contributed by atoms with Crippen LogP contribution in [0.15, 0.2) is 23.3 Å². The molecule has 0 aromatic rings. The lowest BCUT2D eigenvalue weighted by Gasteiger charge is -2.27. The molecule has 0 aromatic heterocycles. The fourth-order valence-corrected chi connectivity index (χ4v) is 2.63. The van der Waals surface area contributed by atoms with E-state index in [9.17, 15) is 9.59 Å². The van der Waals surface area contributed by atoms with Gasteiger partial charge in [-0.2, -0.15) is 0 Å². The number of esters is 2. The monoisotopic (exact) mass is 294 g/mol. The number of hydrogen-bond acceptors (Lipinski definition) is 4. The molecule has 0 saturated carbocycles. The summed E-state index contributed by atoms with van der Waals surface area (Å²) in [5, 5.41) is 0. The van der Waals surface area contributed by atoms with E-state index in [1.807, 2.05) is 0 Å². The van der Waals surface area contributed by atoms with E-state index in [1.165, 1.54) is 25.4 Å². The van der Waals surface area contributed by atoms with Crippen molar-refractivity contribution in [3.63, 3.8) is 0 Å². The van der Waals surface area contributed by atoms with Gasteiger partial charge in [-0.25, -0.2) is 0 Å². The molecule has 118 valence electrons. The van der Waals surface area contributed by atoms with Gasteiger partial charge in [0.05, 0.1) is 26.1 Å². The summed E-state index contributed by atoms with van der Waals surface area (Å²) in [6, 6.07) is 0. The van der Waals surface area contributed by atoms with Crippen molar-refractivity contribution < 1.29 is 19.1 Å². The van der Waals surface area contributed by atoms with Crippen LogP contribution in [0.1, 0.15) is 46.0 Å². The molecule has 0 bridgehead atoms.